The summed E-state index contributed by atoms with van der Waals surface area (Å²) in [6.07, 6.45) is 0.913. The number of hydrogen-bond acceptors (Lipinski definition) is 3. The highest BCUT2D eigenvalue weighted by Crippen LogP contribution is 2.06. The van der Waals surface area contributed by atoms with E-state index in [4.69, 9.17) is 10.5 Å². The van der Waals surface area contributed by atoms with E-state index in [0.717, 1.165) is 19.6 Å². The molecule has 2 N–H and O–H groups in total. The van der Waals surface area contributed by atoms with E-state index in [1.54, 1.807) is 0 Å². The summed E-state index contributed by atoms with van der Waals surface area (Å²) in [4.78, 5) is 13.7. The normalized spacial score (nSPS) is 20.7. The molecule has 1 heterocycles. The lowest BCUT2D eigenvalue weighted by Gasteiger charge is -2.25. The lowest BCUT2D eigenvalue weighted by atomic mass is 10.0. The van der Waals surface area contributed by atoms with Gasteiger partial charge in [0, 0.05) is 19.7 Å². The zero-order valence-corrected chi connectivity index (χ0v) is 9.03. The van der Waals surface area contributed by atoms with Crippen LogP contribution < -0.4 is 5.73 Å². The van der Waals surface area contributed by atoms with Crippen LogP contribution in [0.1, 0.15) is 20.3 Å². The molecule has 0 aromatic heterocycles. The van der Waals surface area contributed by atoms with Crippen molar-refractivity contribution in [1.29, 1.82) is 0 Å². The van der Waals surface area contributed by atoms with Crippen LogP contribution in [-0.2, 0) is 9.53 Å². The average Bonchev–Trinajstić information content (AvgIpc) is 2.43. The Morgan fingerprint density at radius 2 is 2.07 bits per heavy atom. The third-order valence-corrected chi connectivity index (χ3v) is 2.54. The molecule has 1 aliphatic rings. The van der Waals surface area contributed by atoms with Crippen molar-refractivity contribution in [3.05, 3.63) is 0 Å². The molecular formula is C10H20N2O2. The molecule has 1 aliphatic heterocycles. The first-order valence-electron chi connectivity index (χ1n) is 5.25. The smallest absolute Gasteiger partial charge is 0.239 e. The number of amides is 1. The summed E-state index contributed by atoms with van der Waals surface area (Å²) in [5.74, 6) is 0.261. The zero-order chi connectivity index (χ0) is 10.6. The maximum absolute atomic E-state index is 11.8. The quantitative estimate of drug-likeness (QED) is 0.693. The summed E-state index contributed by atoms with van der Waals surface area (Å²) in [5, 5.41) is 0. The minimum absolute atomic E-state index is 0.0606. The molecule has 1 saturated heterocycles. The fourth-order valence-electron chi connectivity index (χ4n) is 1.46. The van der Waals surface area contributed by atoms with Gasteiger partial charge in [0.15, 0.2) is 0 Å². The second-order valence-corrected chi connectivity index (χ2v) is 4.06. The summed E-state index contributed by atoms with van der Waals surface area (Å²) in [6.45, 7) is 6.78. The summed E-state index contributed by atoms with van der Waals surface area (Å²) in [7, 11) is 0. The van der Waals surface area contributed by atoms with Gasteiger partial charge in [-0.05, 0) is 12.3 Å². The third-order valence-electron chi connectivity index (χ3n) is 2.54. The maximum atomic E-state index is 11.8. The molecule has 0 aliphatic carbocycles. The molecule has 4 heteroatoms. The van der Waals surface area contributed by atoms with E-state index >= 15 is 0 Å². The van der Waals surface area contributed by atoms with Gasteiger partial charge in [0.1, 0.15) is 0 Å². The lowest BCUT2D eigenvalue weighted by molar-refractivity contribution is -0.133. The van der Waals surface area contributed by atoms with Crippen LogP contribution in [-0.4, -0.2) is 43.2 Å². The first-order valence-corrected chi connectivity index (χ1v) is 5.25. The van der Waals surface area contributed by atoms with Crippen LogP contribution in [0.2, 0.25) is 0 Å². The molecule has 0 unspecified atom stereocenters. The monoisotopic (exact) mass is 200 g/mol. The standard InChI is InChI=1S/C10H20N2O2/c1-8(2)9(11)10(13)12-4-3-6-14-7-5-12/h8-9H,3-7,11H2,1-2H3/t9-/m1/s1. The second kappa shape index (κ2) is 5.32. The van der Waals surface area contributed by atoms with Gasteiger partial charge in [0.2, 0.25) is 5.91 Å². The topological polar surface area (TPSA) is 55.6 Å². The van der Waals surface area contributed by atoms with Gasteiger partial charge in [-0.25, -0.2) is 0 Å². The summed E-state index contributed by atoms with van der Waals surface area (Å²) >= 11 is 0. The van der Waals surface area contributed by atoms with E-state index in [9.17, 15) is 4.79 Å². The SMILES string of the molecule is CC(C)[C@@H](N)C(=O)N1CCCOCC1. The maximum Gasteiger partial charge on any atom is 0.239 e. The fraction of sp³-hybridized carbons (Fsp3) is 0.900. The van der Waals surface area contributed by atoms with E-state index in [1.807, 2.05) is 18.7 Å². The van der Waals surface area contributed by atoms with Crippen LogP contribution >= 0.6 is 0 Å². The second-order valence-electron chi connectivity index (χ2n) is 4.06. The van der Waals surface area contributed by atoms with Gasteiger partial charge in [0.25, 0.3) is 0 Å². The van der Waals surface area contributed by atoms with Gasteiger partial charge < -0.3 is 15.4 Å². The first kappa shape index (κ1) is 11.5. The molecule has 1 rings (SSSR count). The molecular weight excluding hydrogens is 180 g/mol. The van der Waals surface area contributed by atoms with Crippen molar-refractivity contribution >= 4 is 5.91 Å². The minimum atomic E-state index is -0.368. The van der Waals surface area contributed by atoms with Crippen LogP contribution in [0.25, 0.3) is 0 Å². The molecule has 0 aromatic rings. The van der Waals surface area contributed by atoms with Crippen molar-refractivity contribution in [2.45, 2.75) is 26.3 Å². The number of rotatable bonds is 2. The molecule has 1 fully saturated rings. The van der Waals surface area contributed by atoms with Gasteiger partial charge in [0.05, 0.1) is 12.6 Å². The summed E-state index contributed by atoms with van der Waals surface area (Å²) in [6, 6.07) is -0.368. The van der Waals surface area contributed by atoms with Crippen LogP contribution in [0.4, 0.5) is 0 Å². The molecule has 82 valence electrons. The largest absolute Gasteiger partial charge is 0.380 e. The van der Waals surface area contributed by atoms with Crippen molar-refractivity contribution in [2.24, 2.45) is 11.7 Å². The van der Waals surface area contributed by atoms with E-state index < -0.39 is 0 Å². The molecule has 0 spiro atoms. The van der Waals surface area contributed by atoms with Crippen LogP contribution in [0.3, 0.4) is 0 Å². The Balaban J connectivity index is 2.49. The Hall–Kier alpha value is -0.610. The number of hydrogen-bond donors (Lipinski definition) is 1. The predicted molar refractivity (Wildman–Crippen MR) is 54.8 cm³/mol. The van der Waals surface area contributed by atoms with Crippen LogP contribution in [0.15, 0.2) is 0 Å². The zero-order valence-electron chi connectivity index (χ0n) is 9.03. The van der Waals surface area contributed by atoms with Crippen molar-refractivity contribution in [1.82, 2.24) is 4.90 Å². The molecule has 0 saturated carbocycles. The highest BCUT2D eigenvalue weighted by Gasteiger charge is 2.23. The lowest BCUT2D eigenvalue weighted by Crippen LogP contribution is -2.47. The van der Waals surface area contributed by atoms with Crippen LogP contribution in [0, 0.1) is 5.92 Å². The fourth-order valence-corrected chi connectivity index (χ4v) is 1.46. The number of carbonyl (C=O) groups is 1. The van der Waals surface area contributed by atoms with E-state index in [-0.39, 0.29) is 17.9 Å². The number of nitrogens with two attached hydrogens (primary N) is 1. The Kier molecular flexibility index (Phi) is 4.35. The predicted octanol–water partition coefficient (Wildman–Crippen LogP) is 0.219. The van der Waals surface area contributed by atoms with E-state index in [2.05, 4.69) is 0 Å². The summed E-state index contributed by atoms with van der Waals surface area (Å²) in [5.41, 5.74) is 5.81. The van der Waals surface area contributed by atoms with Gasteiger partial charge in [-0.2, -0.15) is 0 Å². The molecule has 4 nitrogen and oxygen atoms in total. The average molecular weight is 200 g/mol. The molecule has 0 aromatic carbocycles. The first-order chi connectivity index (χ1) is 6.63. The Labute approximate surface area is 85.4 Å². The number of nitrogens with zero attached hydrogens (tertiary/aromatic N) is 1. The number of carbonyl (C=O) groups excluding carboxylic acids is 1. The van der Waals surface area contributed by atoms with Gasteiger partial charge in [-0.3, -0.25) is 4.79 Å². The Morgan fingerprint density at radius 3 is 2.71 bits per heavy atom. The molecule has 1 atom stereocenters. The summed E-state index contributed by atoms with van der Waals surface area (Å²) < 4.78 is 5.28. The molecule has 1 amide bonds. The van der Waals surface area contributed by atoms with Crippen molar-refractivity contribution in [3.8, 4) is 0 Å². The Morgan fingerprint density at radius 1 is 1.36 bits per heavy atom. The Bertz CT molecular complexity index is 187. The van der Waals surface area contributed by atoms with Gasteiger partial charge >= 0.3 is 0 Å². The third kappa shape index (κ3) is 2.96. The van der Waals surface area contributed by atoms with E-state index in [0.29, 0.717) is 13.2 Å². The van der Waals surface area contributed by atoms with E-state index in [1.165, 1.54) is 0 Å². The highest BCUT2D eigenvalue weighted by molar-refractivity contribution is 5.81. The molecule has 0 bridgehead atoms. The highest BCUT2D eigenvalue weighted by atomic mass is 16.5. The van der Waals surface area contributed by atoms with Crippen molar-refractivity contribution in [3.63, 3.8) is 0 Å². The number of ether oxygens (including phenoxy) is 1. The van der Waals surface area contributed by atoms with Gasteiger partial charge in [-0.1, -0.05) is 13.8 Å². The van der Waals surface area contributed by atoms with Crippen molar-refractivity contribution < 1.29 is 9.53 Å². The van der Waals surface area contributed by atoms with Crippen LogP contribution in [0.5, 0.6) is 0 Å². The molecule has 0 radical (unpaired) electrons. The molecule has 14 heavy (non-hydrogen) atoms. The van der Waals surface area contributed by atoms with Gasteiger partial charge in [-0.15, -0.1) is 0 Å². The minimum Gasteiger partial charge on any atom is -0.380 e. The van der Waals surface area contributed by atoms with Crippen molar-refractivity contribution in [2.75, 3.05) is 26.3 Å².